The molecule has 2 fully saturated rings. The summed E-state index contributed by atoms with van der Waals surface area (Å²) < 4.78 is 34.4. The van der Waals surface area contributed by atoms with Crippen molar-refractivity contribution in [3.63, 3.8) is 0 Å². The minimum atomic E-state index is -2.91. The van der Waals surface area contributed by atoms with Crippen molar-refractivity contribution >= 4 is 18.3 Å². The monoisotopic (exact) mass is 390 g/mol. The first-order valence-electron chi connectivity index (χ1n) is 8.64. The van der Waals surface area contributed by atoms with Crippen LogP contribution in [0.2, 0.25) is 0 Å². The number of amides is 1. The highest BCUT2D eigenvalue weighted by Gasteiger charge is 2.48. The average molecular weight is 391 g/mol. The van der Waals surface area contributed by atoms with E-state index < -0.39 is 6.61 Å². The second kappa shape index (κ2) is 8.86. The normalized spacial score (nSPS) is 26.5. The maximum atomic E-state index is 12.5. The number of nitrogens with two attached hydrogens (primary N) is 1. The van der Waals surface area contributed by atoms with Gasteiger partial charge in [-0.05, 0) is 55.2 Å². The van der Waals surface area contributed by atoms with Crippen molar-refractivity contribution in [2.45, 2.75) is 38.3 Å². The third-order valence-corrected chi connectivity index (χ3v) is 5.44. The molecule has 2 bridgehead atoms. The molecule has 5 nitrogen and oxygen atoms in total. The van der Waals surface area contributed by atoms with Crippen LogP contribution < -0.4 is 20.5 Å². The van der Waals surface area contributed by atoms with Gasteiger partial charge in [0.2, 0.25) is 5.91 Å². The molecule has 2 aliphatic carbocycles. The Morgan fingerprint density at radius 1 is 1.31 bits per heavy atom. The molecule has 0 aromatic heterocycles. The molecule has 2 saturated carbocycles. The van der Waals surface area contributed by atoms with E-state index in [0.29, 0.717) is 24.8 Å². The van der Waals surface area contributed by atoms with E-state index in [9.17, 15) is 13.6 Å². The molecule has 1 aromatic rings. The molecule has 1 amide bonds. The van der Waals surface area contributed by atoms with E-state index in [1.165, 1.54) is 13.2 Å². The Hall–Kier alpha value is -1.60. The lowest BCUT2D eigenvalue weighted by Gasteiger charge is -2.27. The lowest BCUT2D eigenvalue weighted by Crippen LogP contribution is -2.45. The molecule has 0 saturated heterocycles. The number of fused-ring (bicyclic) bond motifs is 2. The summed E-state index contributed by atoms with van der Waals surface area (Å²) in [5.41, 5.74) is 6.97. The Bertz CT molecular complexity index is 630. The third kappa shape index (κ3) is 4.38. The van der Waals surface area contributed by atoms with E-state index in [-0.39, 0.29) is 41.8 Å². The number of ether oxygens (including phenoxy) is 2. The Balaban J connectivity index is 0.00000243. The molecule has 1 aromatic carbocycles. The van der Waals surface area contributed by atoms with Gasteiger partial charge in [-0.2, -0.15) is 8.78 Å². The zero-order valence-electron chi connectivity index (χ0n) is 14.6. The minimum absolute atomic E-state index is 0. The van der Waals surface area contributed by atoms with E-state index in [1.807, 2.05) is 0 Å². The molecular weight excluding hydrogens is 366 g/mol. The SMILES string of the molecule is COc1ccc(CCNC(=O)C2C3CCC(C3)C2N)cc1OC(F)F.Cl. The van der Waals surface area contributed by atoms with Gasteiger partial charge in [0.25, 0.3) is 0 Å². The fourth-order valence-electron chi connectivity index (χ4n) is 4.24. The zero-order chi connectivity index (χ0) is 18.0. The van der Waals surface area contributed by atoms with Gasteiger partial charge in [0.05, 0.1) is 13.0 Å². The van der Waals surface area contributed by atoms with Gasteiger partial charge < -0.3 is 20.5 Å². The first-order chi connectivity index (χ1) is 12.0. The predicted molar refractivity (Wildman–Crippen MR) is 95.9 cm³/mol. The topological polar surface area (TPSA) is 73.6 Å². The fraction of sp³-hybridized carbons (Fsp3) is 0.611. The summed E-state index contributed by atoms with van der Waals surface area (Å²) in [4.78, 5) is 12.4. The van der Waals surface area contributed by atoms with Crippen LogP contribution in [-0.4, -0.2) is 32.2 Å². The van der Waals surface area contributed by atoms with E-state index in [0.717, 1.165) is 24.8 Å². The van der Waals surface area contributed by atoms with Gasteiger partial charge in [-0.15, -0.1) is 12.4 Å². The molecule has 26 heavy (non-hydrogen) atoms. The number of benzene rings is 1. The second-order valence-corrected chi connectivity index (χ2v) is 6.84. The Morgan fingerprint density at radius 3 is 2.65 bits per heavy atom. The first kappa shape index (κ1) is 20.7. The highest BCUT2D eigenvalue weighted by molar-refractivity contribution is 5.85. The molecule has 4 atom stereocenters. The highest BCUT2D eigenvalue weighted by Crippen LogP contribution is 2.47. The van der Waals surface area contributed by atoms with Crippen LogP contribution in [0, 0.1) is 17.8 Å². The smallest absolute Gasteiger partial charge is 0.387 e. The number of carbonyl (C=O) groups excluding carboxylic acids is 1. The van der Waals surface area contributed by atoms with E-state index in [1.54, 1.807) is 12.1 Å². The van der Waals surface area contributed by atoms with Crippen LogP contribution in [0.4, 0.5) is 8.78 Å². The molecule has 8 heteroatoms. The molecule has 3 rings (SSSR count). The summed E-state index contributed by atoms with van der Waals surface area (Å²) >= 11 is 0. The lowest BCUT2D eigenvalue weighted by molar-refractivity contribution is -0.127. The van der Waals surface area contributed by atoms with Crippen molar-refractivity contribution < 1.29 is 23.0 Å². The Kier molecular flexibility index (Phi) is 7.06. The summed E-state index contributed by atoms with van der Waals surface area (Å²) in [6.45, 7) is -2.48. The molecule has 146 valence electrons. The molecule has 2 aliphatic rings. The summed E-state index contributed by atoms with van der Waals surface area (Å²) in [5, 5.41) is 2.94. The fourth-order valence-corrected chi connectivity index (χ4v) is 4.24. The largest absolute Gasteiger partial charge is 0.493 e. The summed E-state index contributed by atoms with van der Waals surface area (Å²) in [6.07, 6.45) is 3.80. The van der Waals surface area contributed by atoms with Crippen molar-refractivity contribution in [2.75, 3.05) is 13.7 Å². The van der Waals surface area contributed by atoms with Crippen LogP contribution >= 0.6 is 12.4 Å². The maximum absolute atomic E-state index is 12.5. The van der Waals surface area contributed by atoms with Crippen molar-refractivity contribution in [1.29, 1.82) is 0 Å². The van der Waals surface area contributed by atoms with Gasteiger partial charge in [-0.3, -0.25) is 4.79 Å². The average Bonchev–Trinajstić information content (AvgIpc) is 3.15. The molecule has 3 N–H and O–H groups in total. The summed E-state index contributed by atoms with van der Waals surface area (Å²) in [7, 11) is 1.39. The zero-order valence-corrected chi connectivity index (χ0v) is 15.4. The number of carbonyl (C=O) groups is 1. The standard InChI is InChI=1S/C18H24F2N2O3.ClH/c1-24-13-5-2-10(8-14(13)25-18(19)20)6-7-22-17(23)15-11-3-4-12(9-11)16(15)21;/h2,5,8,11-12,15-16,18H,3-4,6-7,9,21H2,1H3,(H,22,23);1H. The van der Waals surface area contributed by atoms with Gasteiger partial charge in [0.15, 0.2) is 11.5 Å². The minimum Gasteiger partial charge on any atom is -0.493 e. The van der Waals surface area contributed by atoms with Crippen molar-refractivity contribution in [3.8, 4) is 11.5 Å². The van der Waals surface area contributed by atoms with Gasteiger partial charge >= 0.3 is 6.61 Å². The number of nitrogens with one attached hydrogen (secondary N) is 1. The number of alkyl halides is 2. The quantitative estimate of drug-likeness (QED) is 0.750. The van der Waals surface area contributed by atoms with Crippen LogP contribution in [0.5, 0.6) is 11.5 Å². The first-order valence-corrected chi connectivity index (χ1v) is 8.64. The number of methoxy groups -OCH3 is 1. The van der Waals surface area contributed by atoms with Crippen molar-refractivity contribution in [1.82, 2.24) is 5.32 Å². The lowest BCUT2D eigenvalue weighted by atomic mass is 9.84. The molecule has 0 radical (unpaired) electrons. The molecule has 0 spiro atoms. The summed E-state index contributed by atoms with van der Waals surface area (Å²) in [6, 6.07) is 4.83. The molecule has 0 heterocycles. The van der Waals surface area contributed by atoms with E-state index in [4.69, 9.17) is 10.5 Å². The third-order valence-electron chi connectivity index (χ3n) is 5.44. The highest BCUT2D eigenvalue weighted by atomic mass is 35.5. The van der Waals surface area contributed by atoms with Crippen LogP contribution in [0.3, 0.4) is 0 Å². The van der Waals surface area contributed by atoms with Crippen molar-refractivity contribution in [2.24, 2.45) is 23.5 Å². The molecular formula is C18H25ClF2N2O3. The number of hydrogen-bond acceptors (Lipinski definition) is 4. The Morgan fingerprint density at radius 2 is 2.04 bits per heavy atom. The second-order valence-electron chi connectivity index (χ2n) is 6.84. The van der Waals surface area contributed by atoms with Gasteiger partial charge in [0, 0.05) is 12.6 Å². The Labute approximate surface area is 158 Å². The predicted octanol–water partition coefficient (Wildman–Crippen LogP) is 2.75. The van der Waals surface area contributed by atoms with Gasteiger partial charge in [0.1, 0.15) is 0 Å². The van der Waals surface area contributed by atoms with Gasteiger partial charge in [-0.1, -0.05) is 6.07 Å². The van der Waals surface area contributed by atoms with Crippen LogP contribution in [0.25, 0.3) is 0 Å². The number of halogens is 3. The number of rotatable bonds is 7. The van der Waals surface area contributed by atoms with E-state index in [2.05, 4.69) is 10.1 Å². The van der Waals surface area contributed by atoms with Crippen molar-refractivity contribution in [3.05, 3.63) is 23.8 Å². The van der Waals surface area contributed by atoms with E-state index >= 15 is 0 Å². The van der Waals surface area contributed by atoms with Gasteiger partial charge in [-0.25, -0.2) is 0 Å². The number of hydrogen-bond donors (Lipinski definition) is 2. The van der Waals surface area contributed by atoms with Crippen LogP contribution in [0.15, 0.2) is 18.2 Å². The van der Waals surface area contributed by atoms with Crippen LogP contribution in [-0.2, 0) is 11.2 Å². The van der Waals surface area contributed by atoms with Crippen LogP contribution in [0.1, 0.15) is 24.8 Å². The molecule has 0 aliphatic heterocycles. The maximum Gasteiger partial charge on any atom is 0.387 e. The molecule has 4 unspecified atom stereocenters. The summed E-state index contributed by atoms with van der Waals surface area (Å²) in [5.74, 6) is 1.06.